The zero-order valence-electron chi connectivity index (χ0n) is 15.2. The second-order valence-corrected chi connectivity index (χ2v) is 6.84. The van der Waals surface area contributed by atoms with Gasteiger partial charge in [-0.2, -0.15) is 0 Å². The Bertz CT molecular complexity index is 559. The summed E-state index contributed by atoms with van der Waals surface area (Å²) >= 11 is 0. The monoisotopic (exact) mass is 331 g/mol. The van der Waals surface area contributed by atoms with Gasteiger partial charge in [0.05, 0.1) is 0 Å². The van der Waals surface area contributed by atoms with Crippen LogP contribution in [0.2, 0.25) is 0 Å². The summed E-state index contributed by atoms with van der Waals surface area (Å²) in [4.78, 5) is 22.8. The predicted molar refractivity (Wildman–Crippen MR) is 98.1 cm³/mol. The van der Waals surface area contributed by atoms with E-state index in [1.165, 1.54) is 6.42 Å². The minimum Gasteiger partial charge on any atom is -0.356 e. The average Bonchev–Trinajstić information content (AvgIpc) is 2.53. The van der Waals surface area contributed by atoms with Crippen LogP contribution in [0.25, 0.3) is 0 Å². The maximum absolute atomic E-state index is 12.0. The quantitative estimate of drug-likeness (QED) is 0.656. The Morgan fingerprint density at radius 2 is 2.04 bits per heavy atom. The molecule has 6 heteroatoms. The zero-order valence-corrected chi connectivity index (χ0v) is 15.2. The molecule has 0 bridgehead atoms. The first kappa shape index (κ1) is 18.2. The number of guanidine groups is 1. The summed E-state index contributed by atoms with van der Waals surface area (Å²) < 4.78 is 0. The third-order valence-electron chi connectivity index (χ3n) is 4.19. The Morgan fingerprint density at radius 3 is 2.62 bits per heavy atom. The highest BCUT2D eigenvalue weighted by Crippen LogP contribution is 2.20. The van der Waals surface area contributed by atoms with E-state index in [1.807, 2.05) is 19.1 Å². The normalized spacial score (nSPS) is 21.5. The van der Waals surface area contributed by atoms with Gasteiger partial charge in [0.15, 0.2) is 5.96 Å². The molecule has 2 heterocycles. The molecule has 0 spiro atoms. The van der Waals surface area contributed by atoms with Crippen molar-refractivity contribution in [2.45, 2.75) is 33.6 Å². The minimum absolute atomic E-state index is 0.0466. The molecule has 2 N–H and O–H groups in total. The van der Waals surface area contributed by atoms with Crippen molar-refractivity contribution in [3.8, 4) is 0 Å². The van der Waals surface area contributed by atoms with Gasteiger partial charge >= 0.3 is 0 Å². The smallest absolute Gasteiger partial charge is 0.227 e. The second kappa shape index (κ2) is 8.66. The number of piperidine rings is 1. The molecular weight excluding hydrogens is 302 g/mol. The summed E-state index contributed by atoms with van der Waals surface area (Å²) in [6.45, 7) is 9.11. The molecule has 1 aromatic rings. The molecule has 1 amide bonds. The average molecular weight is 331 g/mol. The number of carbonyl (C=O) groups is 1. The molecule has 1 aliphatic heterocycles. The van der Waals surface area contributed by atoms with E-state index in [4.69, 9.17) is 0 Å². The number of amides is 1. The molecule has 24 heavy (non-hydrogen) atoms. The highest BCUT2D eigenvalue weighted by Gasteiger charge is 2.23. The molecule has 1 saturated heterocycles. The molecule has 1 fully saturated rings. The van der Waals surface area contributed by atoms with Gasteiger partial charge in [-0.25, -0.2) is 4.98 Å². The Balaban J connectivity index is 1.77. The van der Waals surface area contributed by atoms with Gasteiger partial charge in [-0.05, 0) is 36.8 Å². The van der Waals surface area contributed by atoms with Gasteiger partial charge in [0.2, 0.25) is 5.91 Å². The van der Waals surface area contributed by atoms with E-state index < -0.39 is 0 Å². The lowest BCUT2D eigenvalue weighted by molar-refractivity contribution is -0.116. The largest absolute Gasteiger partial charge is 0.356 e. The van der Waals surface area contributed by atoms with Crippen molar-refractivity contribution >= 4 is 17.7 Å². The summed E-state index contributed by atoms with van der Waals surface area (Å²) in [6, 6.07) is 3.75. The van der Waals surface area contributed by atoms with Crippen LogP contribution in [0.5, 0.6) is 0 Å². The van der Waals surface area contributed by atoms with Crippen molar-refractivity contribution in [2.75, 3.05) is 32.0 Å². The number of rotatable bonds is 4. The summed E-state index contributed by atoms with van der Waals surface area (Å²) in [5, 5.41) is 6.11. The van der Waals surface area contributed by atoms with E-state index in [0.717, 1.165) is 24.6 Å². The summed E-state index contributed by atoms with van der Waals surface area (Å²) in [6.07, 6.45) is 3.39. The zero-order chi connectivity index (χ0) is 17.5. The summed E-state index contributed by atoms with van der Waals surface area (Å²) in [5.41, 5.74) is 1.07. The molecule has 2 atom stereocenters. The van der Waals surface area contributed by atoms with E-state index in [1.54, 1.807) is 13.2 Å². The van der Waals surface area contributed by atoms with Crippen molar-refractivity contribution in [3.63, 3.8) is 0 Å². The lowest BCUT2D eigenvalue weighted by Crippen LogP contribution is -2.48. The number of aromatic nitrogens is 1. The van der Waals surface area contributed by atoms with Gasteiger partial charge in [0.1, 0.15) is 5.82 Å². The fourth-order valence-corrected chi connectivity index (χ4v) is 3.20. The number of aryl methyl sites for hydroxylation is 1. The Labute approximate surface area is 144 Å². The molecule has 0 aromatic carbocycles. The number of aliphatic imine (C=N–C) groups is 1. The summed E-state index contributed by atoms with van der Waals surface area (Å²) in [5.74, 6) is 2.77. The van der Waals surface area contributed by atoms with Gasteiger partial charge in [-0.3, -0.25) is 9.79 Å². The Kier molecular flexibility index (Phi) is 6.58. The fourth-order valence-electron chi connectivity index (χ4n) is 3.20. The molecule has 6 nitrogen and oxygen atoms in total. The maximum Gasteiger partial charge on any atom is 0.227 e. The van der Waals surface area contributed by atoms with Crippen LogP contribution in [0.1, 0.15) is 32.3 Å². The highest BCUT2D eigenvalue weighted by atomic mass is 16.1. The lowest BCUT2D eigenvalue weighted by Gasteiger charge is -2.37. The number of hydrogen-bond acceptors (Lipinski definition) is 3. The van der Waals surface area contributed by atoms with Crippen LogP contribution in [0.4, 0.5) is 5.82 Å². The molecule has 0 saturated carbocycles. The van der Waals surface area contributed by atoms with Gasteiger partial charge in [0, 0.05) is 39.3 Å². The maximum atomic E-state index is 12.0. The van der Waals surface area contributed by atoms with E-state index in [2.05, 4.69) is 39.4 Å². The summed E-state index contributed by atoms with van der Waals surface area (Å²) in [7, 11) is 1.79. The third-order valence-corrected chi connectivity index (χ3v) is 4.19. The second-order valence-electron chi connectivity index (χ2n) is 6.84. The van der Waals surface area contributed by atoms with Crippen molar-refractivity contribution in [3.05, 3.63) is 23.9 Å². The molecule has 2 rings (SSSR count). The first-order valence-electron chi connectivity index (χ1n) is 8.66. The minimum atomic E-state index is -0.0466. The number of pyridine rings is 1. The van der Waals surface area contributed by atoms with E-state index in [0.29, 0.717) is 30.6 Å². The first-order chi connectivity index (χ1) is 11.5. The van der Waals surface area contributed by atoms with Crippen molar-refractivity contribution in [2.24, 2.45) is 16.8 Å². The topological polar surface area (TPSA) is 69.6 Å². The van der Waals surface area contributed by atoms with E-state index >= 15 is 0 Å². The Hall–Kier alpha value is -2.11. The SMILES string of the molecule is CN=C(NCCC(=O)Nc1ccc(C)cn1)N1CC(C)CC(C)C1. The third kappa shape index (κ3) is 5.51. The number of nitrogens with zero attached hydrogens (tertiary/aromatic N) is 3. The van der Waals surface area contributed by atoms with Crippen LogP contribution in [0.3, 0.4) is 0 Å². The molecule has 1 aromatic heterocycles. The van der Waals surface area contributed by atoms with Crippen molar-refractivity contribution in [1.82, 2.24) is 15.2 Å². The molecule has 0 radical (unpaired) electrons. The molecule has 2 unspecified atom stereocenters. The van der Waals surface area contributed by atoms with Crippen LogP contribution < -0.4 is 10.6 Å². The first-order valence-corrected chi connectivity index (χ1v) is 8.66. The van der Waals surface area contributed by atoms with Gasteiger partial charge in [0.25, 0.3) is 0 Å². The highest BCUT2D eigenvalue weighted by molar-refractivity contribution is 5.90. The van der Waals surface area contributed by atoms with Crippen LogP contribution in [0.15, 0.2) is 23.3 Å². The number of anilines is 1. The fraction of sp³-hybridized carbons (Fsp3) is 0.611. The van der Waals surface area contributed by atoms with Crippen LogP contribution >= 0.6 is 0 Å². The standard InChI is InChI=1S/C18H29N5O/c1-13-5-6-16(21-10-13)22-17(24)7-8-20-18(19-4)23-11-14(2)9-15(3)12-23/h5-6,10,14-15H,7-9,11-12H2,1-4H3,(H,19,20)(H,21,22,24). The Morgan fingerprint density at radius 1 is 1.33 bits per heavy atom. The molecule has 1 aliphatic rings. The van der Waals surface area contributed by atoms with Crippen LogP contribution in [-0.4, -0.2) is 48.4 Å². The number of carbonyl (C=O) groups excluding carboxylic acids is 1. The molecule has 132 valence electrons. The number of hydrogen-bond donors (Lipinski definition) is 2. The lowest BCUT2D eigenvalue weighted by atomic mass is 9.92. The van der Waals surface area contributed by atoms with Gasteiger partial charge in [-0.15, -0.1) is 0 Å². The van der Waals surface area contributed by atoms with E-state index in [-0.39, 0.29) is 5.91 Å². The van der Waals surface area contributed by atoms with Crippen molar-refractivity contribution < 1.29 is 4.79 Å². The van der Waals surface area contributed by atoms with Crippen molar-refractivity contribution in [1.29, 1.82) is 0 Å². The van der Waals surface area contributed by atoms with Gasteiger partial charge in [-0.1, -0.05) is 19.9 Å². The number of likely N-dealkylation sites (tertiary alicyclic amines) is 1. The van der Waals surface area contributed by atoms with Crippen LogP contribution in [0, 0.1) is 18.8 Å². The van der Waals surface area contributed by atoms with Gasteiger partial charge < -0.3 is 15.5 Å². The molecule has 0 aliphatic carbocycles. The van der Waals surface area contributed by atoms with E-state index in [9.17, 15) is 4.79 Å². The molecular formula is C18H29N5O. The van der Waals surface area contributed by atoms with Crippen LogP contribution in [-0.2, 0) is 4.79 Å². The number of nitrogens with one attached hydrogen (secondary N) is 2. The predicted octanol–water partition coefficient (Wildman–Crippen LogP) is 2.27.